The van der Waals surface area contributed by atoms with E-state index in [-0.39, 0.29) is 5.75 Å². The summed E-state index contributed by atoms with van der Waals surface area (Å²) in [6, 6.07) is 8.24. The number of hydrogen-bond donors (Lipinski definition) is 1. The van der Waals surface area contributed by atoms with E-state index in [1.807, 2.05) is 6.92 Å². The molecule has 18 heavy (non-hydrogen) atoms. The molecule has 0 aliphatic rings. The summed E-state index contributed by atoms with van der Waals surface area (Å²) in [5.74, 6) is 1.82. The first-order valence-corrected chi connectivity index (χ1v) is 5.37. The lowest BCUT2D eigenvalue weighted by Gasteiger charge is -2.07. The molecular weight excluding hydrogens is 232 g/mol. The number of aryl methyl sites for hydroxylation is 1. The van der Waals surface area contributed by atoms with Crippen molar-refractivity contribution < 1.29 is 9.84 Å². The summed E-state index contributed by atoms with van der Waals surface area (Å²) >= 11 is 0. The third kappa shape index (κ3) is 1.84. The normalized spacial score (nSPS) is 10.7. The Morgan fingerprint density at radius 1 is 1.22 bits per heavy atom. The molecule has 3 aromatic rings. The number of hydrogen-bond acceptors (Lipinski definition) is 5. The molecule has 0 spiro atoms. The number of fused-ring (bicyclic) bond motifs is 1. The second-order valence-corrected chi connectivity index (χ2v) is 3.80. The zero-order valence-corrected chi connectivity index (χ0v) is 9.61. The molecule has 1 aromatic carbocycles. The van der Waals surface area contributed by atoms with E-state index < -0.39 is 0 Å². The fourth-order valence-electron chi connectivity index (χ4n) is 1.60. The second-order valence-electron chi connectivity index (χ2n) is 3.80. The van der Waals surface area contributed by atoms with Gasteiger partial charge in [-0.1, -0.05) is 0 Å². The molecule has 0 unspecified atom stereocenters. The number of phenols is 1. The molecule has 0 bridgehead atoms. The largest absolute Gasteiger partial charge is 0.508 e. The van der Waals surface area contributed by atoms with Crippen LogP contribution < -0.4 is 4.74 Å². The molecule has 0 aliphatic carbocycles. The lowest BCUT2D eigenvalue weighted by atomic mass is 10.3. The molecule has 1 N–H and O–H groups in total. The van der Waals surface area contributed by atoms with Crippen LogP contribution in [-0.4, -0.2) is 24.7 Å². The highest BCUT2D eigenvalue weighted by atomic mass is 16.5. The molecule has 0 atom stereocenters. The summed E-state index contributed by atoms with van der Waals surface area (Å²) in [6.45, 7) is 1.86. The second kappa shape index (κ2) is 3.99. The first-order chi connectivity index (χ1) is 8.72. The number of aromatic nitrogens is 4. The van der Waals surface area contributed by atoms with Gasteiger partial charge in [0.05, 0.1) is 0 Å². The summed E-state index contributed by atoms with van der Waals surface area (Å²) < 4.78 is 7.21. The summed E-state index contributed by atoms with van der Waals surface area (Å²) in [6.07, 6.45) is 1.42. The predicted molar refractivity (Wildman–Crippen MR) is 63.7 cm³/mol. The quantitative estimate of drug-likeness (QED) is 0.743. The maximum atomic E-state index is 9.21. The van der Waals surface area contributed by atoms with Crippen LogP contribution in [0.2, 0.25) is 0 Å². The van der Waals surface area contributed by atoms with Crippen molar-refractivity contribution in [2.24, 2.45) is 0 Å². The van der Waals surface area contributed by atoms with Gasteiger partial charge in [-0.3, -0.25) is 0 Å². The van der Waals surface area contributed by atoms with Gasteiger partial charge in [-0.25, -0.2) is 4.98 Å². The van der Waals surface area contributed by atoms with Crippen LogP contribution in [0.5, 0.6) is 17.4 Å². The predicted octanol–water partition coefficient (Wildman–Crippen LogP) is 1.93. The highest BCUT2D eigenvalue weighted by molar-refractivity contribution is 5.37. The fraction of sp³-hybridized carbons (Fsp3) is 0.0833. The lowest BCUT2D eigenvalue weighted by Crippen LogP contribution is -1.99. The van der Waals surface area contributed by atoms with E-state index in [2.05, 4.69) is 15.1 Å². The highest BCUT2D eigenvalue weighted by Gasteiger charge is 2.07. The maximum absolute atomic E-state index is 9.21. The minimum atomic E-state index is 0.194. The molecule has 90 valence electrons. The van der Waals surface area contributed by atoms with Crippen LogP contribution >= 0.6 is 0 Å². The average molecular weight is 242 g/mol. The molecular formula is C12H10N4O2. The van der Waals surface area contributed by atoms with Crippen LogP contribution in [0.3, 0.4) is 0 Å². The lowest BCUT2D eigenvalue weighted by molar-refractivity contribution is 0.440. The smallest absolute Gasteiger partial charge is 0.255 e. The van der Waals surface area contributed by atoms with Crippen molar-refractivity contribution in [3.8, 4) is 17.4 Å². The van der Waals surface area contributed by atoms with Gasteiger partial charge in [0.1, 0.15) is 17.8 Å². The zero-order valence-electron chi connectivity index (χ0n) is 9.61. The molecule has 2 heterocycles. The van der Waals surface area contributed by atoms with Gasteiger partial charge in [0.15, 0.2) is 0 Å². The average Bonchev–Trinajstić information content (AvgIpc) is 2.80. The van der Waals surface area contributed by atoms with E-state index in [0.717, 1.165) is 5.69 Å². The van der Waals surface area contributed by atoms with Gasteiger partial charge in [0.25, 0.3) is 5.78 Å². The van der Waals surface area contributed by atoms with Gasteiger partial charge >= 0.3 is 0 Å². The molecule has 0 saturated heterocycles. The Morgan fingerprint density at radius 3 is 2.78 bits per heavy atom. The maximum Gasteiger partial charge on any atom is 0.255 e. The van der Waals surface area contributed by atoms with Crippen molar-refractivity contribution in [1.82, 2.24) is 19.6 Å². The minimum absolute atomic E-state index is 0.194. The van der Waals surface area contributed by atoms with E-state index in [1.165, 1.54) is 10.8 Å². The van der Waals surface area contributed by atoms with Gasteiger partial charge in [0, 0.05) is 11.8 Å². The van der Waals surface area contributed by atoms with Crippen LogP contribution in [-0.2, 0) is 0 Å². The Bertz CT molecular complexity index is 691. The first kappa shape index (κ1) is 10.5. The Balaban J connectivity index is 2.03. The van der Waals surface area contributed by atoms with E-state index in [1.54, 1.807) is 30.3 Å². The Hall–Kier alpha value is -2.63. The van der Waals surface area contributed by atoms with Gasteiger partial charge < -0.3 is 9.84 Å². The van der Waals surface area contributed by atoms with E-state index >= 15 is 0 Å². The van der Waals surface area contributed by atoms with Crippen LogP contribution in [0.25, 0.3) is 5.78 Å². The molecule has 0 amide bonds. The fourth-order valence-corrected chi connectivity index (χ4v) is 1.60. The summed E-state index contributed by atoms with van der Waals surface area (Å²) in [5.41, 5.74) is 0.796. The Kier molecular flexibility index (Phi) is 2.33. The molecule has 6 heteroatoms. The molecule has 3 rings (SSSR count). The van der Waals surface area contributed by atoms with Crippen LogP contribution in [0.4, 0.5) is 0 Å². The monoisotopic (exact) mass is 242 g/mol. The number of benzene rings is 1. The van der Waals surface area contributed by atoms with E-state index in [9.17, 15) is 5.11 Å². The molecule has 0 aliphatic heterocycles. The Morgan fingerprint density at radius 2 is 2.00 bits per heavy atom. The van der Waals surface area contributed by atoms with Crippen molar-refractivity contribution in [3.05, 3.63) is 42.4 Å². The first-order valence-electron chi connectivity index (χ1n) is 5.37. The SMILES string of the molecule is Cc1cc(Oc2ccc(O)cc2)n2ncnc2n1. The molecule has 0 fully saturated rings. The van der Waals surface area contributed by atoms with Crippen LogP contribution in [0.1, 0.15) is 5.69 Å². The number of nitrogens with zero attached hydrogens (tertiary/aromatic N) is 4. The number of phenolic OH excluding ortho intramolecular Hbond substituents is 1. The summed E-state index contributed by atoms with van der Waals surface area (Å²) in [7, 11) is 0. The van der Waals surface area contributed by atoms with Crippen LogP contribution in [0.15, 0.2) is 36.7 Å². The van der Waals surface area contributed by atoms with Gasteiger partial charge in [0.2, 0.25) is 5.88 Å². The third-order valence-corrected chi connectivity index (χ3v) is 2.41. The van der Waals surface area contributed by atoms with E-state index in [4.69, 9.17) is 4.74 Å². The topological polar surface area (TPSA) is 72.5 Å². The van der Waals surface area contributed by atoms with E-state index in [0.29, 0.717) is 17.4 Å². The zero-order chi connectivity index (χ0) is 12.5. The standard InChI is InChI=1S/C12H10N4O2/c1-8-6-11(16-12(15-8)13-7-14-16)18-10-4-2-9(17)3-5-10/h2-7,17H,1H3. The summed E-state index contributed by atoms with van der Waals surface area (Å²) in [4.78, 5) is 8.24. The van der Waals surface area contributed by atoms with Gasteiger partial charge in [-0.2, -0.15) is 14.6 Å². The number of rotatable bonds is 2. The minimum Gasteiger partial charge on any atom is -0.508 e. The summed E-state index contributed by atoms with van der Waals surface area (Å²) in [5, 5.41) is 13.3. The number of aromatic hydroxyl groups is 1. The third-order valence-electron chi connectivity index (χ3n) is 2.41. The molecule has 2 aromatic heterocycles. The van der Waals surface area contributed by atoms with Gasteiger partial charge in [-0.15, -0.1) is 0 Å². The van der Waals surface area contributed by atoms with Crippen molar-refractivity contribution >= 4 is 5.78 Å². The molecule has 0 saturated carbocycles. The van der Waals surface area contributed by atoms with Crippen LogP contribution in [0, 0.1) is 6.92 Å². The van der Waals surface area contributed by atoms with Crippen molar-refractivity contribution in [3.63, 3.8) is 0 Å². The molecule has 6 nitrogen and oxygen atoms in total. The highest BCUT2D eigenvalue weighted by Crippen LogP contribution is 2.23. The number of ether oxygens (including phenoxy) is 1. The van der Waals surface area contributed by atoms with Crippen molar-refractivity contribution in [1.29, 1.82) is 0 Å². The van der Waals surface area contributed by atoms with Gasteiger partial charge in [-0.05, 0) is 31.2 Å². The molecule has 0 radical (unpaired) electrons. The Labute approximate surface area is 103 Å². The van der Waals surface area contributed by atoms with Crippen molar-refractivity contribution in [2.75, 3.05) is 0 Å². The van der Waals surface area contributed by atoms with Crippen molar-refractivity contribution in [2.45, 2.75) is 6.92 Å².